The molecule has 0 radical (unpaired) electrons. The summed E-state index contributed by atoms with van der Waals surface area (Å²) in [5, 5.41) is 7.91. The predicted molar refractivity (Wildman–Crippen MR) is 149 cm³/mol. The van der Waals surface area contributed by atoms with Crippen LogP contribution in [0.2, 0.25) is 5.02 Å². The molecule has 1 atom stereocenters. The fourth-order valence-electron chi connectivity index (χ4n) is 4.87. The smallest absolute Gasteiger partial charge is 0.274 e. The number of halogens is 1. The maximum absolute atomic E-state index is 13.5. The van der Waals surface area contributed by atoms with Gasteiger partial charge in [-0.3, -0.25) is 14.7 Å². The van der Waals surface area contributed by atoms with E-state index in [1.165, 1.54) is 0 Å². The first-order valence-corrected chi connectivity index (χ1v) is 13.4. The summed E-state index contributed by atoms with van der Waals surface area (Å²) < 4.78 is 6.20. The highest BCUT2D eigenvalue weighted by Crippen LogP contribution is 2.36. The van der Waals surface area contributed by atoms with Gasteiger partial charge in [-0.25, -0.2) is 0 Å². The number of nitrogens with zero attached hydrogens (tertiary/aromatic N) is 3. The van der Waals surface area contributed by atoms with E-state index >= 15 is 0 Å². The van der Waals surface area contributed by atoms with E-state index in [-0.39, 0.29) is 23.7 Å². The van der Waals surface area contributed by atoms with Crippen LogP contribution in [0.25, 0.3) is 0 Å². The van der Waals surface area contributed by atoms with Crippen LogP contribution < -0.4 is 4.74 Å². The molecule has 1 N–H and O–H groups in total. The Balaban J connectivity index is 1.53. The molecule has 3 aromatic rings. The number of amides is 2. The van der Waals surface area contributed by atoms with Crippen LogP contribution in [0.5, 0.6) is 5.75 Å². The molecule has 1 fully saturated rings. The van der Waals surface area contributed by atoms with Gasteiger partial charge in [0.05, 0.1) is 6.61 Å². The molecule has 4 rings (SSSR count). The van der Waals surface area contributed by atoms with Gasteiger partial charge < -0.3 is 14.5 Å². The minimum Gasteiger partial charge on any atom is -0.493 e. The van der Waals surface area contributed by atoms with Gasteiger partial charge in [0, 0.05) is 54.6 Å². The van der Waals surface area contributed by atoms with Gasteiger partial charge in [-0.2, -0.15) is 5.10 Å². The number of hydrogen-bond acceptors (Lipinski definition) is 4. The zero-order valence-electron chi connectivity index (χ0n) is 22.7. The Kier molecular flexibility index (Phi) is 8.46. The lowest BCUT2D eigenvalue weighted by Gasteiger charge is -2.42. The van der Waals surface area contributed by atoms with Gasteiger partial charge in [0.2, 0.25) is 5.91 Å². The third-order valence-electron chi connectivity index (χ3n) is 7.11. The molecule has 38 heavy (non-hydrogen) atoms. The average Bonchev–Trinajstić information content (AvgIpc) is 3.39. The molecule has 0 spiro atoms. The lowest BCUT2D eigenvalue weighted by molar-refractivity contribution is -0.134. The van der Waals surface area contributed by atoms with Crippen molar-refractivity contribution in [3.8, 4) is 5.75 Å². The van der Waals surface area contributed by atoms with Gasteiger partial charge in [0.1, 0.15) is 11.4 Å². The highest BCUT2D eigenvalue weighted by molar-refractivity contribution is 6.30. The number of ether oxygens (including phenoxy) is 1. The molecule has 1 aromatic heterocycles. The van der Waals surface area contributed by atoms with Crippen LogP contribution in [-0.2, 0) is 16.8 Å². The summed E-state index contributed by atoms with van der Waals surface area (Å²) in [6.07, 6.45) is 1.82. The Morgan fingerprint density at radius 2 is 1.89 bits per heavy atom. The van der Waals surface area contributed by atoms with E-state index in [4.69, 9.17) is 16.3 Å². The van der Waals surface area contributed by atoms with Gasteiger partial charge in [-0.05, 0) is 42.7 Å². The summed E-state index contributed by atoms with van der Waals surface area (Å²) in [7, 11) is 1.82. The summed E-state index contributed by atoms with van der Waals surface area (Å²) in [4.78, 5) is 30.5. The van der Waals surface area contributed by atoms with Crippen molar-refractivity contribution in [2.75, 3.05) is 26.7 Å². The number of carbonyl (C=O) groups is 2. The largest absolute Gasteiger partial charge is 0.493 e. The number of aromatic amines is 1. The Bertz CT molecular complexity index is 1250. The quantitative estimate of drug-likeness (QED) is 0.400. The molecule has 2 aromatic carbocycles. The lowest BCUT2D eigenvalue weighted by atomic mass is 9.77. The third-order valence-corrected chi connectivity index (χ3v) is 7.34. The van der Waals surface area contributed by atoms with Gasteiger partial charge in [-0.15, -0.1) is 0 Å². The molecular formula is C30H37ClN4O3. The first kappa shape index (κ1) is 27.7. The highest BCUT2D eigenvalue weighted by Gasteiger charge is 2.41. The van der Waals surface area contributed by atoms with Crippen molar-refractivity contribution in [3.63, 3.8) is 0 Å². The Labute approximate surface area is 230 Å². The normalized spacial score (nSPS) is 17.8. The summed E-state index contributed by atoms with van der Waals surface area (Å²) in [6.45, 7) is 8.08. The standard InChI is InChI=1S/C30H37ClN4O3/c1-29(2,3)26-17-25(32-33-26)28(37)35-15-9-14-30(20-35,21-38-24-13-8-12-23(31)16-24)18-27(36)34(4)19-22-10-6-5-7-11-22/h5-8,10-13,16-17H,9,14-15,18-21H2,1-4H3,(H,32,33). The van der Waals surface area contributed by atoms with Gasteiger partial charge in [0.15, 0.2) is 0 Å². The molecule has 0 aliphatic carbocycles. The maximum Gasteiger partial charge on any atom is 0.274 e. The SMILES string of the molecule is CN(Cc1ccccc1)C(=O)CC1(COc2cccc(Cl)c2)CCCN(C(=O)c2cc(C(C)(C)C)[nH]n2)C1. The summed E-state index contributed by atoms with van der Waals surface area (Å²) in [5.41, 5.74) is 1.69. The second-order valence-electron chi connectivity index (χ2n) is 11.4. The van der Waals surface area contributed by atoms with Crippen LogP contribution >= 0.6 is 11.6 Å². The molecule has 0 bridgehead atoms. The van der Waals surface area contributed by atoms with Gasteiger partial charge >= 0.3 is 0 Å². The summed E-state index contributed by atoms with van der Waals surface area (Å²) in [5.74, 6) is 0.536. The molecule has 1 aliphatic rings. The summed E-state index contributed by atoms with van der Waals surface area (Å²) >= 11 is 6.17. The van der Waals surface area contributed by atoms with Crippen LogP contribution in [-0.4, -0.2) is 58.6 Å². The number of H-pyrrole nitrogens is 1. The fraction of sp³-hybridized carbons (Fsp3) is 0.433. The second kappa shape index (κ2) is 11.6. The molecule has 7 nitrogen and oxygen atoms in total. The van der Waals surface area contributed by atoms with Crippen LogP contribution in [0.4, 0.5) is 0 Å². The zero-order chi connectivity index (χ0) is 27.3. The molecule has 2 amide bonds. The van der Waals surface area contributed by atoms with Gasteiger partial charge in [-0.1, -0.05) is 68.8 Å². The molecule has 2 heterocycles. The molecule has 1 saturated heterocycles. The lowest BCUT2D eigenvalue weighted by Crippen LogP contribution is -2.50. The number of likely N-dealkylation sites (tertiary alicyclic amines) is 1. The minimum atomic E-state index is -0.540. The van der Waals surface area contributed by atoms with Crippen molar-refractivity contribution >= 4 is 23.4 Å². The number of piperidine rings is 1. The van der Waals surface area contributed by atoms with Crippen molar-refractivity contribution < 1.29 is 14.3 Å². The van der Waals surface area contributed by atoms with Crippen molar-refractivity contribution in [2.24, 2.45) is 5.41 Å². The number of rotatable bonds is 8. The molecule has 0 saturated carbocycles. The molecule has 1 unspecified atom stereocenters. The van der Waals surface area contributed by atoms with E-state index < -0.39 is 5.41 Å². The molecule has 1 aliphatic heterocycles. The van der Waals surface area contributed by atoms with Gasteiger partial charge in [0.25, 0.3) is 5.91 Å². The van der Waals surface area contributed by atoms with Crippen molar-refractivity contribution in [1.29, 1.82) is 0 Å². The molecular weight excluding hydrogens is 500 g/mol. The third kappa shape index (κ3) is 6.95. The van der Waals surface area contributed by atoms with E-state index in [9.17, 15) is 9.59 Å². The van der Waals surface area contributed by atoms with Crippen molar-refractivity contribution in [1.82, 2.24) is 20.0 Å². The second-order valence-corrected chi connectivity index (χ2v) is 11.8. The van der Waals surface area contributed by atoms with E-state index in [0.29, 0.717) is 42.7 Å². The number of aromatic nitrogens is 2. The number of carbonyl (C=O) groups excluding carboxylic acids is 2. The van der Waals surface area contributed by atoms with E-state index in [1.54, 1.807) is 17.0 Å². The summed E-state index contributed by atoms with van der Waals surface area (Å²) in [6, 6.07) is 19.0. The van der Waals surface area contributed by atoms with Crippen LogP contribution in [0.1, 0.15) is 61.8 Å². The van der Waals surface area contributed by atoms with Crippen LogP contribution in [0.3, 0.4) is 0 Å². The minimum absolute atomic E-state index is 0.0210. The maximum atomic E-state index is 13.5. The average molecular weight is 537 g/mol. The first-order valence-electron chi connectivity index (χ1n) is 13.1. The van der Waals surface area contributed by atoms with E-state index in [1.807, 2.05) is 60.5 Å². The molecule has 202 valence electrons. The topological polar surface area (TPSA) is 78.5 Å². The van der Waals surface area contributed by atoms with Crippen LogP contribution in [0, 0.1) is 5.41 Å². The van der Waals surface area contributed by atoms with Crippen molar-refractivity contribution in [3.05, 3.63) is 82.6 Å². The fourth-order valence-corrected chi connectivity index (χ4v) is 5.05. The van der Waals surface area contributed by atoms with Crippen molar-refractivity contribution in [2.45, 2.75) is 52.0 Å². The number of nitrogens with one attached hydrogen (secondary N) is 1. The van der Waals surface area contributed by atoms with Crippen LogP contribution in [0.15, 0.2) is 60.7 Å². The van der Waals surface area contributed by atoms with E-state index in [2.05, 4.69) is 31.0 Å². The Morgan fingerprint density at radius 1 is 1.13 bits per heavy atom. The Hall–Kier alpha value is -3.32. The zero-order valence-corrected chi connectivity index (χ0v) is 23.4. The molecule has 8 heteroatoms. The Morgan fingerprint density at radius 3 is 2.58 bits per heavy atom. The number of benzene rings is 2. The number of hydrogen-bond donors (Lipinski definition) is 1. The van der Waals surface area contributed by atoms with E-state index in [0.717, 1.165) is 24.1 Å². The monoisotopic (exact) mass is 536 g/mol. The first-order chi connectivity index (χ1) is 18.0. The predicted octanol–water partition coefficient (Wildman–Crippen LogP) is 5.71. The highest BCUT2D eigenvalue weighted by atomic mass is 35.5.